The number of benzene rings is 2. The number of carbonyl (C=O) groups excluding carboxylic acids is 1. The van der Waals surface area contributed by atoms with Crippen LogP contribution in [0.15, 0.2) is 48.8 Å². The minimum absolute atomic E-state index is 0.0110. The average molecular weight is 348 g/mol. The highest BCUT2D eigenvalue weighted by Gasteiger charge is 2.12. The van der Waals surface area contributed by atoms with Crippen molar-refractivity contribution in [2.45, 2.75) is 20.8 Å². The largest absolute Gasteiger partial charge is 0.437 e. The Kier molecular flexibility index (Phi) is 4.84. The molecule has 3 rings (SSSR count). The zero-order chi connectivity index (χ0) is 18.7. The van der Waals surface area contributed by atoms with E-state index in [1.165, 1.54) is 13.3 Å². The summed E-state index contributed by atoms with van der Waals surface area (Å²) >= 11 is 0. The summed E-state index contributed by atoms with van der Waals surface area (Å²) in [4.78, 5) is 19.8. The summed E-state index contributed by atoms with van der Waals surface area (Å²) in [5, 5.41) is 3.11. The number of carbonyl (C=O) groups is 1. The van der Waals surface area contributed by atoms with E-state index in [1.54, 1.807) is 18.2 Å². The number of aromatic nitrogens is 2. The molecule has 0 aliphatic rings. The molecule has 6 heteroatoms. The molecule has 1 aromatic heterocycles. The number of aryl methyl sites for hydroxylation is 2. The normalized spacial score (nSPS) is 10.4. The highest BCUT2D eigenvalue weighted by atomic mass is 16.5. The lowest BCUT2D eigenvalue weighted by molar-refractivity contribution is 0.101. The summed E-state index contributed by atoms with van der Waals surface area (Å²) in [6.45, 7) is 5.52. The van der Waals surface area contributed by atoms with Crippen LogP contribution < -0.4 is 15.8 Å². The van der Waals surface area contributed by atoms with Crippen LogP contribution in [-0.4, -0.2) is 15.8 Å². The van der Waals surface area contributed by atoms with Gasteiger partial charge >= 0.3 is 0 Å². The second-order valence-electron chi connectivity index (χ2n) is 6.13. The van der Waals surface area contributed by atoms with Crippen molar-refractivity contribution in [2.24, 2.45) is 0 Å². The van der Waals surface area contributed by atoms with Crippen LogP contribution in [0.25, 0.3) is 0 Å². The lowest BCUT2D eigenvalue weighted by atomic mass is 10.1. The molecule has 0 aliphatic carbocycles. The molecule has 0 spiro atoms. The molecule has 0 unspecified atom stereocenters. The van der Waals surface area contributed by atoms with Gasteiger partial charge < -0.3 is 15.8 Å². The Bertz CT molecular complexity index is 950. The molecule has 2 aromatic carbocycles. The number of nitrogens with two attached hydrogens (primary N) is 1. The fraction of sp³-hybridized carbons (Fsp3) is 0.150. The van der Waals surface area contributed by atoms with E-state index >= 15 is 0 Å². The van der Waals surface area contributed by atoms with E-state index in [2.05, 4.69) is 21.4 Å². The van der Waals surface area contributed by atoms with Crippen molar-refractivity contribution in [1.29, 1.82) is 0 Å². The predicted molar refractivity (Wildman–Crippen MR) is 102 cm³/mol. The quantitative estimate of drug-likeness (QED) is 0.664. The van der Waals surface area contributed by atoms with E-state index in [1.807, 2.05) is 32.0 Å². The Balaban J connectivity index is 1.87. The summed E-state index contributed by atoms with van der Waals surface area (Å²) < 4.78 is 5.84. The summed E-state index contributed by atoms with van der Waals surface area (Å²) in [5.41, 5.74) is 9.96. The minimum atomic E-state index is -0.0110. The number of anilines is 3. The van der Waals surface area contributed by atoms with Crippen LogP contribution in [0.2, 0.25) is 0 Å². The smallest absolute Gasteiger partial charge is 0.248 e. The molecule has 0 radical (unpaired) electrons. The SMILES string of the molecule is CC(=O)c1cccc(Nc2ncnc(Oc3cc(C)cc(C)c3)c2N)c1. The number of hydrogen-bond acceptors (Lipinski definition) is 6. The zero-order valence-electron chi connectivity index (χ0n) is 14.9. The van der Waals surface area contributed by atoms with Gasteiger partial charge in [0, 0.05) is 11.3 Å². The fourth-order valence-electron chi connectivity index (χ4n) is 2.62. The first-order valence-corrected chi connectivity index (χ1v) is 8.17. The third-order valence-corrected chi connectivity index (χ3v) is 3.79. The Morgan fingerprint density at radius 3 is 2.50 bits per heavy atom. The van der Waals surface area contributed by atoms with Crippen molar-refractivity contribution in [1.82, 2.24) is 9.97 Å². The average Bonchev–Trinajstić information content (AvgIpc) is 2.58. The summed E-state index contributed by atoms with van der Waals surface area (Å²) in [6, 6.07) is 13.0. The standard InChI is InChI=1S/C20H20N4O2/c1-12-7-13(2)9-17(8-12)26-20-18(21)19(22-11-23-20)24-16-6-4-5-15(10-16)14(3)25/h4-11H,21H2,1-3H3,(H,22,23,24). The molecule has 0 amide bonds. The molecule has 0 aliphatic heterocycles. The van der Waals surface area contributed by atoms with Crippen LogP contribution in [0.4, 0.5) is 17.2 Å². The molecule has 1 heterocycles. The Hall–Kier alpha value is -3.41. The minimum Gasteiger partial charge on any atom is -0.437 e. The Morgan fingerprint density at radius 1 is 1.08 bits per heavy atom. The zero-order valence-corrected chi connectivity index (χ0v) is 14.9. The van der Waals surface area contributed by atoms with Crippen molar-refractivity contribution in [3.63, 3.8) is 0 Å². The third kappa shape index (κ3) is 3.97. The molecule has 132 valence electrons. The maximum atomic E-state index is 11.5. The van der Waals surface area contributed by atoms with Crippen LogP contribution in [-0.2, 0) is 0 Å². The van der Waals surface area contributed by atoms with Gasteiger partial charge in [-0.2, -0.15) is 4.98 Å². The number of rotatable bonds is 5. The molecular formula is C20H20N4O2. The fourth-order valence-corrected chi connectivity index (χ4v) is 2.62. The van der Waals surface area contributed by atoms with Gasteiger partial charge in [-0.25, -0.2) is 4.98 Å². The van der Waals surface area contributed by atoms with Crippen LogP contribution >= 0.6 is 0 Å². The molecule has 0 fully saturated rings. The van der Waals surface area contributed by atoms with E-state index in [-0.39, 0.29) is 11.7 Å². The van der Waals surface area contributed by atoms with Crippen molar-refractivity contribution in [3.05, 3.63) is 65.5 Å². The lowest BCUT2D eigenvalue weighted by Gasteiger charge is -2.13. The first-order chi connectivity index (χ1) is 12.4. The maximum absolute atomic E-state index is 11.5. The van der Waals surface area contributed by atoms with Gasteiger partial charge in [0.15, 0.2) is 11.6 Å². The van der Waals surface area contributed by atoms with E-state index in [0.717, 1.165) is 11.1 Å². The number of nitrogens with zero attached hydrogens (tertiary/aromatic N) is 2. The molecule has 0 saturated heterocycles. The number of Topliss-reactive ketones (excluding diaryl/α,β-unsaturated/α-hetero) is 1. The van der Waals surface area contributed by atoms with Gasteiger partial charge in [-0.3, -0.25) is 4.79 Å². The summed E-state index contributed by atoms with van der Waals surface area (Å²) in [7, 11) is 0. The summed E-state index contributed by atoms with van der Waals surface area (Å²) in [5.74, 6) is 1.34. The van der Waals surface area contributed by atoms with Gasteiger partial charge in [-0.05, 0) is 56.2 Å². The van der Waals surface area contributed by atoms with E-state index in [9.17, 15) is 4.79 Å². The molecule has 3 aromatic rings. The number of nitrogens with one attached hydrogen (secondary N) is 1. The molecule has 0 bridgehead atoms. The van der Waals surface area contributed by atoms with Crippen LogP contribution in [0, 0.1) is 13.8 Å². The van der Waals surface area contributed by atoms with Crippen molar-refractivity contribution >= 4 is 23.0 Å². The van der Waals surface area contributed by atoms with Crippen LogP contribution in [0.5, 0.6) is 11.6 Å². The summed E-state index contributed by atoms with van der Waals surface area (Å²) in [6.07, 6.45) is 1.38. The number of ether oxygens (including phenoxy) is 1. The van der Waals surface area contributed by atoms with Gasteiger partial charge in [0.25, 0.3) is 0 Å². The molecule has 3 N–H and O–H groups in total. The second kappa shape index (κ2) is 7.23. The van der Waals surface area contributed by atoms with Gasteiger partial charge in [-0.15, -0.1) is 0 Å². The van der Waals surface area contributed by atoms with Crippen LogP contribution in [0.1, 0.15) is 28.4 Å². The Labute approximate surface area is 152 Å². The van der Waals surface area contributed by atoms with Crippen molar-refractivity contribution in [3.8, 4) is 11.6 Å². The van der Waals surface area contributed by atoms with Crippen molar-refractivity contribution in [2.75, 3.05) is 11.1 Å². The van der Waals surface area contributed by atoms with E-state index in [4.69, 9.17) is 10.5 Å². The molecule has 6 nitrogen and oxygen atoms in total. The second-order valence-corrected chi connectivity index (χ2v) is 6.13. The molecule has 26 heavy (non-hydrogen) atoms. The van der Waals surface area contributed by atoms with Gasteiger partial charge in [-0.1, -0.05) is 18.2 Å². The topological polar surface area (TPSA) is 90.1 Å². The monoisotopic (exact) mass is 348 g/mol. The first kappa shape index (κ1) is 17.4. The molecule has 0 saturated carbocycles. The number of hydrogen-bond donors (Lipinski definition) is 2. The van der Waals surface area contributed by atoms with E-state index < -0.39 is 0 Å². The number of nitrogen functional groups attached to an aromatic ring is 1. The molecule has 0 atom stereocenters. The van der Waals surface area contributed by atoms with E-state index in [0.29, 0.717) is 28.5 Å². The number of ketones is 1. The first-order valence-electron chi connectivity index (χ1n) is 8.17. The highest BCUT2D eigenvalue weighted by Crippen LogP contribution is 2.31. The predicted octanol–water partition coefficient (Wildman–Crippen LogP) is 4.41. The third-order valence-electron chi connectivity index (χ3n) is 3.79. The molecular weight excluding hydrogens is 328 g/mol. The highest BCUT2D eigenvalue weighted by molar-refractivity contribution is 5.95. The van der Waals surface area contributed by atoms with Crippen molar-refractivity contribution < 1.29 is 9.53 Å². The lowest BCUT2D eigenvalue weighted by Crippen LogP contribution is -2.04. The van der Waals surface area contributed by atoms with Gasteiger partial charge in [0.1, 0.15) is 17.8 Å². The Morgan fingerprint density at radius 2 is 1.81 bits per heavy atom. The van der Waals surface area contributed by atoms with Gasteiger partial charge in [0.2, 0.25) is 5.88 Å². The van der Waals surface area contributed by atoms with Gasteiger partial charge in [0.05, 0.1) is 0 Å². The van der Waals surface area contributed by atoms with Crippen LogP contribution in [0.3, 0.4) is 0 Å². The maximum Gasteiger partial charge on any atom is 0.248 e.